The SMILES string of the molecule is Cc1cc(C)c(S(=O)(=O)NCC(C)(O)CC(C)C)c(C)c1. The summed E-state index contributed by atoms with van der Waals surface area (Å²) in [6.07, 6.45) is 0.543. The summed E-state index contributed by atoms with van der Waals surface area (Å²) in [5.41, 5.74) is 1.44. The van der Waals surface area contributed by atoms with Crippen LogP contribution in [0.2, 0.25) is 0 Å². The molecule has 0 spiro atoms. The summed E-state index contributed by atoms with van der Waals surface area (Å²) >= 11 is 0. The molecule has 0 amide bonds. The number of nitrogens with one attached hydrogen (secondary N) is 1. The first kappa shape index (κ1) is 18.1. The second-order valence-electron chi connectivity index (χ2n) is 6.65. The van der Waals surface area contributed by atoms with Crippen molar-refractivity contribution in [1.82, 2.24) is 4.72 Å². The normalized spacial score (nSPS) is 15.2. The van der Waals surface area contributed by atoms with Crippen LogP contribution in [0.5, 0.6) is 0 Å². The summed E-state index contributed by atoms with van der Waals surface area (Å²) in [4.78, 5) is 0.313. The van der Waals surface area contributed by atoms with Crippen molar-refractivity contribution in [2.24, 2.45) is 5.92 Å². The molecule has 0 aliphatic rings. The lowest BCUT2D eigenvalue weighted by Crippen LogP contribution is -2.41. The maximum atomic E-state index is 12.5. The van der Waals surface area contributed by atoms with E-state index in [1.807, 2.05) is 32.9 Å². The van der Waals surface area contributed by atoms with Crippen molar-refractivity contribution >= 4 is 10.0 Å². The molecule has 0 saturated heterocycles. The van der Waals surface area contributed by atoms with Crippen LogP contribution < -0.4 is 4.72 Å². The minimum atomic E-state index is -3.62. The van der Waals surface area contributed by atoms with Crippen molar-refractivity contribution in [2.75, 3.05) is 6.54 Å². The van der Waals surface area contributed by atoms with Gasteiger partial charge in [-0.1, -0.05) is 31.5 Å². The number of sulfonamides is 1. The second kappa shape index (κ2) is 6.46. The smallest absolute Gasteiger partial charge is 0.241 e. The molecule has 1 unspecified atom stereocenters. The first-order chi connectivity index (χ1) is 9.44. The third kappa shape index (κ3) is 5.09. The van der Waals surface area contributed by atoms with Gasteiger partial charge in [-0.2, -0.15) is 0 Å². The van der Waals surface area contributed by atoms with Gasteiger partial charge in [0, 0.05) is 6.54 Å². The van der Waals surface area contributed by atoms with Crippen molar-refractivity contribution in [3.63, 3.8) is 0 Å². The van der Waals surface area contributed by atoms with Gasteiger partial charge < -0.3 is 5.11 Å². The zero-order chi connectivity index (χ0) is 16.4. The van der Waals surface area contributed by atoms with Gasteiger partial charge in [-0.3, -0.25) is 0 Å². The zero-order valence-electron chi connectivity index (χ0n) is 13.8. The van der Waals surface area contributed by atoms with Crippen LogP contribution in [0.4, 0.5) is 0 Å². The molecule has 1 aromatic carbocycles. The lowest BCUT2D eigenvalue weighted by atomic mass is 9.95. The molecule has 1 aromatic rings. The number of aliphatic hydroxyl groups is 1. The third-order valence-electron chi connectivity index (χ3n) is 3.36. The van der Waals surface area contributed by atoms with Gasteiger partial charge in [0.05, 0.1) is 10.5 Å². The van der Waals surface area contributed by atoms with Crippen LogP contribution in [0.1, 0.15) is 43.9 Å². The molecule has 0 aliphatic carbocycles. The van der Waals surface area contributed by atoms with E-state index in [-0.39, 0.29) is 6.54 Å². The lowest BCUT2D eigenvalue weighted by molar-refractivity contribution is 0.0436. The molecule has 1 atom stereocenters. The van der Waals surface area contributed by atoms with Crippen molar-refractivity contribution in [3.8, 4) is 0 Å². The minimum Gasteiger partial charge on any atom is -0.389 e. The monoisotopic (exact) mass is 313 g/mol. The Morgan fingerprint density at radius 2 is 1.67 bits per heavy atom. The van der Waals surface area contributed by atoms with Gasteiger partial charge in [-0.05, 0) is 51.2 Å². The van der Waals surface area contributed by atoms with Gasteiger partial charge in [0.15, 0.2) is 0 Å². The van der Waals surface area contributed by atoms with Crippen molar-refractivity contribution < 1.29 is 13.5 Å². The van der Waals surface area contributed by atoms with Gasteiger partial charge in [0.1, 0.15) is 0 Å². The average molecular weight is 313 g/mol. The Morgan fingerprint density at radius 3 is 2.10 bits per heavy atom. The zero-order valence-corrected chi connectivity index (χ0v) is 14.6. The van der Waals surface area contributed by atoms with Gasteiger partial charge in [0.2, 0.25) is 10.0 Å². The Kier molecular flexibility index (Phi) is 5.58. The summed E-state index contributed by atoms with van der Waals surface area (Å²) in [5.74, 6) is 0.298. The fourth-order valence-corrected chi connectivity index (χ4v) is 4.48. The van der Waals surface area contributed by atoms with Crippen molar-refractivity contribution in [2.45, 2.75) is 58.5 Å². The predicted molar refractivity (Wildman–Crippen MR) is 85.9 cm³/mol. The van der Waals surface area contributed by atoms with E-state index in [1.165, 1.54) is 0 Å². The molecule has 0 radical (unpaired) electrons. The first-order valence-corrected chi connectivity index (χ1v) is 8.73. The summed E-state index contributed by atoms with van der Waals surface area (Å²) in [7, 11) is -3.62. The standard InChI is InChI=1S/C16H27NO3S/c1-11(2)9-16(6,18)10-17-21(19,20)15-13(4)7-12(3)8-14(15)5/h7-8,11,17-18H,9-10H2,1-6H3. The largest absolute Gasteiger partial charge is 0.389 e. The van der Waals surface area contributed by atoms with Crippen LogP contribution in [-0.2, 0) is 10.0 Å². The quantitative estimate of drug-likeness (QED) is 0.848. The van der Waals surface area contributed by atoms with Crippen LogP contribution in [0.15, 0.2) is 17.0 Å². The molecule has 5 heteroatoms. The van der Waals surface area contributed by atoms with E-state index < -0.39 is 15.6 Å². The Morgan fingerprint density at radius 1 is 1.19 bits per heavy atom. The van der Waals surface area contributed by atoms with E-state index in [4.69, 9.17) is 0 Å². The fraction of sp³-hybridized carbons (Fsp3) is 0.625. The van der Waals surface area contributed by atoms with E-state index >= 15 is 0 Å². The first-order valence-electron chi connectivity index (χ1n) is 7.24. The molecule has 1 rings (SSSR count). The number of hydrogen-bond donors (Lipinski definition) is 2. The summed E-state index contributed by atoms with van der Waals surface area (Å²) in [6.45, 7) is 11.2. The van der Waals surface area contributed by atoms with Crippen LogP contribution in [0.3, 0.4) is 0 Å². The van der Waals surface area contributed by atoms with Crippen LogP contribution in [0.25, 0.3) is 0 Å². The van der Waals surface area contributed by atoms with E-state index in [0.717, 1.165) is 16.7 Å². The molecule has 0 aliphatic heterocycles. The molecule has 0 saturated carbocycles. The highest BCUT2D eigenvalue weighted by molar-refractivity contribution is 7.89. The molecule has 0 aromatic heterocycles. The maximum Gasteiger partial charge on any atom is 0.241 e. The average Bonchev–Trinajstić information content (AvgIpc) is 2.23. The molecule has 0 heterocycles. The van der Waals surface area contributed by atoms with E-state index in [0.29, 0.717) is 17.2 Å². The number of hydrogen-bond acceptors (Lipinski definition) is 3. The molecular formula is C16H27NO3S. The molecule has 120 valence electrons. The fourth-order valence-electron chi connectivity index (χ4n) is 2.86. The second-order valence-corrected chi connectivity index (χ2v) is 8.35. The van der Waals surface area contributed by atoms with E-state index in [2.05, 4.69) is 4.72 Å². The van der Waals surface area contributed by atoms with Crippen LogP contribution >= 0.6 is 0 Å². The molecule has 2 N–H and O–H groups in total. The molecule has 21 heavy (non-hydrogen) atoms. The Bertz CT molecular complexity index is 581. The molecular weight excluding hydrogens is 286 g/mol. The highest BCUT2D eigenvalue weighted by atomic mass is 32.2. The maximum absolute atomic E-state index is 12.5. The third-order valence-corrected chi connectivity index (χ3v) is 5.07. The van der Waals surface area contributed by atoms with E-state index in [9.17, 15) is 13.5 Å². The van der Waals surface area contributed by atoms with Crippen LogP contribution in [0, 0.1) is 26.7 Å². The lowest BCUT2D eigenvalue weighted by Gasteiger charge is -2.26. The minimum absolute atomic E-state index is 0.0142. The molecule has 0 fully saturated rings. The molecule has 4 nitrogen and oxygen atoms in total. The highest BCUT2D eigenvalue weighted by Gasteiger charge is 2.26. The highest BCUT2D eigenvalue weighted by Crippen LogP contribution is 2.22. The molecule has 0 bridgehead atoms. The number of aryl methyl sites for hydroxylation is 3. The topological polar surface area (TPSA) is 66.4 Å². The van der Waals surface area contributed by atoms with Crippen molar-refractivity contribution in [3.05, 3.63) is 28.8 Å². The summed E-state index contributed by atoms with van der Waals surface area (Å²) in [6, 6.07) is 3.71. The van der Waals surface area contributed by atoms with Gasteiger partial charge >= 0.3 is 0 Å². The van der Waals surface area contributed by atoms with E-state index in [1.54, 1.807) is 20.8 Å². The van der Waals surface area contributed by atoms with Crippen molar-refractivity contribution in [1.29, 1.82) is 0 Å². The Hall–Kier alpha value is -0.910. The van der Waals surface area contributed by atoms with Crippen LogP contribution in [-0.4, -0.2) is 25.7 Å². The van der Waals surface area contributed by atoms with Gasteiger partial charge in [-0.15, -0.1) is 0 Å². The number of rotatable bonds is 6. The number of benzene rings is 1. The Labute approximate surface area is 128 Å². The Balaban J connectivity index is 2.98. The van der Waals surface area contributed by atoms with Gasteiger partial charge in [0.25, 0.3) is 0 Å². The summed E-state index contributed by atoms with van der Waals surface area (Å²) < 4.78 is 27.5. The summed E-state index contributed by atoms with van der Waals surface area (Å²) in [5, 5.41) is 10.3. The van der Waals surface area contributed by atoms with Gasteiger partial charge in [-0.25, -0.2) is 13.1 Å². The predicted octanol–water partition coefficient (Wildman–Crippen LogP) is 2.69.